The molecule has 0 aromatic heterocycles. The molecule has 0 aromatic carbocycles. The summed E-state index contributed by atoms with van der Waals surface area (Å²) in [5.74, 6) is 0.678. The Morgan fingerprint density at radius 2 is 1.88 bits per heavy atom. The zero-order valence-corrected chi connectivity index (χ0v) is 15.5. The van der Waals surface area contributed by atoms with E-state index in [1.54, 1.807) is 13.0 Å². The van der Waals surface area contributed by atoms with Crippen molar-refractivity contribution < 1.29 is 19.8 Å². The molecule has 138 valence electrons. The summed E-state index contributed by atoms with van der Waals surface area (Å²) in [6, 6.07) is 0. The van der Waals surface area contributed by atoms with Crippen LogP contribution in [0.5, 0.6) is 0 Å². The molecule has 25 heavy (non-hydrogen) atoms. The highest BCUT2D eigenvalue weighted by atomic mass is 16.3. The minimum atomic E-state index is -0.880. The number of hydrogen-bond donors (Lipinski definition) is 2. The van der Waals surface area contributed by atoms with Crippen LogP contribution >= 0.6 is 0 Å². The standard InChI is InChI=1S/C21H30O4/c1-12(22)14-4-5-15-16-11-18(24)17-10-13(23)6-7-20(17,3)21(16,25)9-8-19(14,15)2/h10,14-16,18,24-25H,4-9,11H2,1-3H3/t14-,15+,16+,18-,19-,20+,21-/m1/s1. The number of rotatable bonds is 1. The van der Waals surface area contributed by atoms with Crippen molar-refractivity contribution in [2.75, 3.05) is 0 Å². The second-order valence-electron chi connectivity index (χ2n) is 9.53. The van der Waals surface area contributed by atoms with Crippen molar-refractivity contribution in [2.24, 2.45) is 28.6 Å². The lowest BCUT2D eigenvalue weighted by molar-refractivity contribution is -0.205. The molecule has 0 unspecified atom stereocenters. The maximum Gasteiger partial charge on any atom is 0.155 e. The smallest absolute Gasteiger partial charge is 0.155 e. The van der Waals surface area contributed by atoms with Gasteiger partial charge in [-0.15, -0.1) is 0 Å². The van der Waals surface area contributed by atoms with E-state index in [2.05, 4.69) is 6.92 Å². The van der Waals surface area contributed by atoms with Gasteiger partial charge >= 0.3 is 0 Å². The molecule has 0 radical (unpaired) electrons. The van der Waals surface area contributed by atoms with E-state index in [4.69, 9.17) is 0 Å². The molecule has 0 aromatic rings. The zero-order chi connectivity index (χ0) is 18.2. The summed E-state index contributed by atoms with van der Waals surface area (Å²) in [7, 11) is 0. The molecule has 4 aliphatic carbocycles. The van der Waals surface area contributed by atoms with E-state index < -0.39 is 17.1 Å². The first kappa shape index (κ1) is 17.4. The Balaban J connectivity index is 1.77. The number of hydrogen-bond acceptors (Lipinski definition) is 4. The summed E-state index contributed by atoms with van der Waals surface area (Å²) in [6.07, 6.45) is 5.87. The van der Waals surface area contributed by atoms with Gasteiger partial charge in [0.15, 0.2) is 5.78 Å². The third kappa shape index (κ3) is 2.07. The van der Waals surface area contributed by atoms with E-state index in [1.807, 2.05) is 6.92 Å². The summed E-state index contributed by atoms with van der Waals surface area (Å²) in [5, 5.41) is 22.7. The van der Waals surface area contributed by atoms with Crippen LogP contribution in [0.15, 0.2) is 11.6 Å². The van der Waals surface area contributed by atoms with Gasteiger partial charge in [-0.1, -0.05) is 13.8 Å². The van der Waals surface area contributed by atoms with Crippen LogP contribution in [0.4, 0.5) is 0 Å². The summed E-state index contributed by atoms with van der Waals surface area (Å²) in [4.78, 5) is 24.1. The summed E-state index contributed by atoms with van der Waals surface area (Å²) >= 11 is 0. The van der Waals surface area contributed by atoms with Crippen molar-refractivity contribution in [3.8, 4) is 0 Å². The van der Waals surface area contributed by atoms with Gasteiger partial charge < -0.3 is 10.2 Å². The van der Waals surface area contributed by atoms with Crippen LogP contribution in [0.25, 0.3) is 0 Å². The minimum Gasteiger partial charge on any atom is -0.389 e. The quantitative estimate of drug-likeness (QED) is 0.766. The molecule has 3 saturated carbocycles. The van der Waals surface area contributed by atoms with Gasteiger partial charge in [0, 0.05) is 17.8 Å². The van der Waals surface area contributed by atoms with Crippen LogP contribution in [0.3, 0.4) is 0 Å². The Hall–Kier alpha value is -1.00. The van der Waals surface area contributed by atoms with E-state index in [-0.39, 0.29) is 34.7 Å². The van der Waals surface area contributed by atoms with Crippen molar-refractivity contribution >= 4 is 11.6 Å². The number of carbonyl (C=O) groups excluding carboxylic acids is 2. The molecule has 4 aliphatic rings. The predicted octanol–water partition coefficient (Wildman–Crippen LogP) is 2.81. The Kier molecular flexibility index (Phi) is 3.66. The van der Waals surface area contributed by atoms with Crippen LogP contribution in [0.1, 0.15) is 65.7 Å². The maximum atomic E-state index is 12.2. The van der Waals surface area contributed by atoms with Gasteiger partial charge in [0.25, 0.3) is 0 Å². The number of fused-ring (bicyclic) bond motifs is 5. The fraction of sp³-hybridized carbons (Fsp3) is 0.810. The van der Waals surface area contributed by atoms with Gasteiger partial charge in [0.1, 0.15) is 5.78 Å². The largest absolute Gasteiger partial charge is 0.389 e. The summed E-state index contributed by atoms with van der Waals surface area (Å²) in [5.41, 5.74) is -0.731. The Bertz CT molecular complexity index is 667. The molecule has 7 atom stereocenters. The molecule has 3 fully saturated rings. The number of aliphatic hydroxyl groups is 2. The highest BCUT2D eigenvalue weighted by Crippen LogP contribution is 2.68. The summed E-state index contributed by atoms with van der Waals surface area (Å²) in [6.45, 7) is 5.96. The number of ketones is 2. The first-order valence-corrected chi connectivity index (χ1v) is 9.79. The highest BCUT2D eigenvalue weighted by Gasteiger charge is 2.67. The first-order valence-electron chi connectivity index (χ1n) is 9.79. The molecule has 0 aliphatic heterocycles. The number of Topliss-reactive ketones (excluding diaryl/α,β-unsaturated/α-hetero) is 1. The lowest BCUT2D eigenvalue weighted by Crippen LogP contribution is -2.65. The van der Waals surface area contributed by atoms with Gasteiger partial charge in [-0.05, 0) is 74.3 Å². The minimum absolute atomic E-state index is 0.000882. The van der Waals surface area contributed by atoms with E-state index >= 15 is 0 Å². The van der Waals surface area contributed by atoms with Crippen LogP contribution in [-0.4, -0.2) is 33.5 Å². The number of carbonyl (C=O) groups is 2. The first-order chi connectivity index (χ1) is 11.6. The second-order valence-corrected chi connectivity index (χ2v) is 9.53. The molecule has 4 heteroatoms. The molecule has 0 bridgehead atoms. The SMILES string of the molecule is CC(=O)[C@H]1CC[C@H]2[C@@H]3C[C@@H](O)C4=CC(=O)CC[C@]4(C)[C@@]3(O)CC[C@]12C. The molecular formula is C21H30O4. The Labute approximate surface area is 149 Å². The third-order valence-corrected chi connectivity index (χ3v) is 8.66. The van der Waals surface area contributed by atoms with Crippen molar-refractivity contribution in [3.05, 3.63) is 11.6 Å². The monoisotopic (exact) mass is 346 g/mol. The molecule has 0 spiro atoms. The molecule has 0 heterocycles. The van der Waals surface area contributed by atoms with Gasteiger partial charge in [-0.3, -0.25) is 9.59 Å². The zero-order valence-electron chi connectivity index (χ0n) is 15.5. The van der Waals surface area contributed by atoms with Gasteiger partial charge in [-0.25, -0.2) is 0 Å². The van der Waals surface area contributed by atoms with Crippen LogP contribution in [0.2, 0.25) is 0 Å². The van der Waals surface area contributed by atoms with Crippen molar-refractivity contribution in [1.29, 1.82) is 0 Å². The molecule has 0 amide bonds. The van der Waals surface area contributed by atoms with E-state index in [9.17, 15) is 19.8 Å². The maximum absolute atomic E-state index is 12.2. The van der Waals surface area contributed by atoms with Gasteiger partial charge in [0.2, 0.25) is 0 Å². The average Bonchev–Trinajstić information content (AvgIpc) is 2.89. The van der Waals surface area contributed by atoms with Crippen molar-refractivity contribution in [1.82, 2.24) is 0 Å². The lowest BCUT2D eigenvalue weighted by Gasteiger charge is -2.63. The molecule has 2 N–H and O–H groups in total. The number of aliphatic hydroxyl groups excluding tert-OH is 1. The lowest BCUT2D eigenvalue weighted by atomic mass is 9.44. The third-order valence-electron chi connectivity index (χ3n) is 8.66. The van der Waals surface area contributed by atoms with Crippen molar-refractivity contribution in [2.45, 2.75) is 77.4 Å². The topological polar surface area (TPSA) is 74.6 Å². The van der Waals surface area contributed by atoms with Gasteiger partial charge in [-0.2, -0.15) is 0 Å². The molecule has 4 nitrogen and oxygen atoms in total. The van der Waals surface area contributed by atoms with E-state index in [1.165, 1.54) is 0 Å². The van der Waals surface area contributed by atoms with Crippen molar-refractivity contribution in [3.63, 3.8) is 0 Å². The molecular weight excluding hydrogens is 316 g/mol. The Morgan fingerprint density at radius 3 is 2.56 bits per heavy atom. The normalized spacial score (nSPS) is 52.0. The Morgan fingerprint density at radius 1 is 1.16 bits per heavy atom. The van der Waals surface area contributed by atoms with E-state index in [0.29, 0.717) is 25.7 Å². The molecule has 4 rings (SSSR count). The fourth-order valence-corrected chi connectivity index (χ4v) is 7.19. The second kappa shape index (κ2) is 5.26. The van der Waals surface area contributed by atoms with Crippen LogP contribution in [-0.2, 0) is 9.59 Å². The predicted molar refractivity (Wildman–Crippen MR) is 93.7 cm³/mol. The van der Waals surface area contributed by atoms with Crippen LogP contribution in [0, 0.1) is 28.6 Å². The molecule has 0 saturated heterocycles. The highest BCUT2D eigenvalue weighted by molar-refractivity contribution is 5.92. The van der Waals surface area contributed by atoms with E-state index in [0.717, 1.165) is 24.8 Å². The van der Waals surface area contributed by atoms with Gasteiger partial charge in [0.05, 0.1) is 11.7 Å². The summed E-state index contributed by atoms with van der Waals surface area (Å²) < 4.78 is 0. The fourth-order valence-electron chi connectivity index (χ4n) is 7.19. The van der Waals surface area contributed by atoms with Crippen LogP contribution < -0.4 is 0 Å². The average molecular weight is 346 g/mol.